The van der Waals surface area contributed by atoms with Gasteiger partial charge in [0.05, 0.1) is 12.2 Å². The fourth-order valence-corrected chi connectivity index (χ4v) is 11.2. The van der Waals surface area contributed by atoms with Crippen molar-refractivity contribution in [3.8, 4) is 0 Å². The molecule has 4 aliphatic carbocycles. The molecule has 1 aliphatic heterocycles. The highest BCUT2D eigenvalue weighted by atomic mass is 127. The normalized spacial score (nSPS) is 46.2. The van der Waals surface area contributed by atoms with E-state index in [-0.39, 0.29) is 71.1 Å². The zero-order valence-electron chi connectivity index (χ0n) is 26.0. The number of hydrogen-bond donors (Lipinski definition) is 0. The minimum Gasteiger partial charge on any atom is -0.463 e. The maximum absolute atomic E-state index is 12.6. The van der Waals surface area contributed by atoms with Gasteiger partial charge in [0, 0.05) is 30.6 Å². The first kappa shape index (κ1) is 31.5. The second-order valence-electron chi connectivity index (χ2n) is 14.8. The number of carbonyl (C=O) groups excluding carboxylic acids is 3. The van der Waals surface area contributed by atoms with E-state index in [0.29, 0.717) is 29.6 Å². The van der Waals surface area contributed by atoms with Crippen molar-refractivity contribution < 1.29 is 33.3 Å². The fourth-order valence-electron chi connectivity index (χ4n) is 10.8. The van der Waals surface area contributed by atoms with Gasteiger partial charge in [-0.1, -0.05) is 50.3 Å². The lowest BCUT2D eigenvalue weighted by molar-refractivity contribution is -0.198. The first-order valence-electron chi connectivity index (χ1n) is 16.0. The molecule has 0 bridgehead atoms. The molecule has 7 nitrogen and oxygen atoms in total. The summed E-state index contributed by atoms with van der Waals surface area (Å²) in [5, 5.41) is 0. The van der Waals surface area contributed by atoms with Gasteiger partial charge in [-0.15, -0.1) is 0 Å². The highest BCUT2D eigenvalue weighted by Gasteiger charge is 2.70. The predicted molar refractivity (Wildman–Crippen MR) is 163 cm³/mol. The van der Waals surface area contributed by atoms with Gasteiger partial charge in [0.25, 0.3) is 0 Å². The van der Waals surface area contributed by atoms with Crippen LogP contribution in [0.25, 0.3) is 0 Å². The van der Waals surface area contributed by atoms with Gasteiger partial charge in [-0.2, -0.15) is 0 Å². The third kappa shape index (κ3) is 5.59. The van der Waals surface area contributed by atoms with Crippen LogP contribution < -0.4 is 0 Å². The monoisotopic (exact) mass is 686 g/mol. The number of halogens is 1. The molecule has 0 radical (unpaired) electrons. The molecule has 0 aromatic heterocycles. The van der Waals surface area contributed by atoms with Gasteiger partial charge in [-0.05, 0) is 98.2 Å². The largest absolute Gasteiger partial charge is 0.463 e. The van der Waals surface area contributed by atoms with E-state index in [1.807, 2.05) is 0 Å². The quantitative estimate of drug-likeness (QED) is 0.130. The molecule has 5 fully saturated rings. The van der Waals surface area contributed by atoms with Crippen molar-refractivity contribution in [3.63, 3.8) is 0 Å². The zero-order valence-corrected chi connectivity index (χ0v) is 28.2. The van der Waals surface area contributed by atoms with Crippen LogP contribution in [0, 0.1) is 52.3 Å². The Labute approximate surface area is 260 Å². The molecule has 1 saturated heterocycles. The fraction of sp³-hybridized carbons (Fsp3) is 0.909. The molecule has 1 heterocycles. The van der Waals surface area contributed by atoms with E-state index in [9.17, 15) is 14.4 Å². The summed E-state index contributed by atoms with van der Waals surface area (Å²) in [7, 11) is 0. The maximum Gasteiger partial charge on any atom is 0.302 e. The number of esters is 3. The van der Waals surface area contributed by atoms with Crippen molar-refractivity contribution in [2.75, 3.05) is 4.43 Å². The van der Waals surface area contributed by atoms with Crippen molar-refractivity contribution >= 4 is 40.5 Å². The lowest BCUT2D eigenvalue weighted by Crippen LogP contribution is -2.60. The van der Waals surface area contributed by atoms with Gasteiger partial charge in [0.2, 0.25) is 0 Å². The van der Waals surface area contributed by atoms with Crippen LogP contribution in [0.4, 0.5) is 0 Å². The molecule has 5 aliphatic rings. The summed E-state index contributed by atoms with van der Waals surface area (Å²) in [5.41, 5.74) is -0.0263. The van der Waals surface area contributed by atoms with Gasteiger partial charge in [-0.25, -0.2) is 0 Å². The van der Waals surface area contributed by atoms with Gasteiger partial charge in [0.1, 0.15) is 18.3 Å². The summed E-state index contributed by atoms with van der Waals surface area (Å²) in [6.07, 6.45) is 7.46. The molecule has 14 atom stereocenters. The van der Waals surface area contributed by atoms with Crippen LogP contribution in [0.15, 0.2) is 0 Å². The Morgan fingerprint density at radius 1 is 0.951 bits per heavy atom. The van der Waals surface area contributed by atoms with Gasteiger partial charge >= 0.3 is 17.9 Å². The molecule has 4 saturated carbocycles. The molecule has 0 amide bonds. The lowest BCUT2D eigenvalue weighted by Gasteiger charge is -2.62. The minimum absolute atomic E-state index is 0.0253. The number of fused-ring (bicyclic) bond motifs is 7. The molecule has 0 aromatic carbocycles. The molecule has 0 aromatic rings. The Hall–Kier alpha value is -0.900. The number of carbonyl (C=O) groups is 3. The minimum atomic E-state index is -0.259. The standard InChI is InChI=1S/C33H51IO7/c1-17(16-34)12-28(39-20(4)36)31-18(2)30-27(41-31)14-26-24-9-8-22-13-23(38-19(3)35)10-11-32(22,6)25(24)15-29(33(26,30)7)40-21(5)37/h17-18,22-31H,8-16H2,1-7H3/t17-,18+,22+,23+,24-,25+,26+,27+,28-,29-,30+,31+,32+,33-/m1/s1. The number of rotatable bonds is 7. The zero-order chi connectivity index (χ0) is 29.9. The topological polar surface area (TPSA) is 88.1 Å². The van der Waals surface area contributed by atoms with E-state index in [2.05, 4.69) is 50.3 Å². The third-order valence-electron chi connectivity index (χ3n) is 12.4. The summed E-state index contributed by atoms with van der Waals surface area (Å²) in [5.74, 6) is 2.23. The Bertz CT molecular complexity index is 1020. The molecule has 41 heavy (non-hydrogen) atoms. The van der Waals surface area contributed by atoms with E-state index < -0.39 is 0 Å². The van der Waals surface area contributed by atoms with Gasteiger partial charge in [-0.3, -0.25) is 14.4 Å². The Balaban J connectivity index is 1.42. The molecule has 0 spiro atoms. The van der Waals surface area contributed by atoms with Crippen LogP contribution in [0.5, 0.6) is 0 Å². The third-order valence-corrected chi connectivity index (χ3v) is 13.9. The predicted octanol–water partition coefficient (Wildman–Crippen LogP) is 6.52. The van der Waals surface area contributed by atoms with Crippen LogP contribution in [0.3, 0.4) is 0 Å². The van der Waals surface area contributed by atoms with Gasteiger partial charge < -0.3 is 18.9 Å². The Morgan fingerprint density at radius 2 is 1.66 bits per heavy atom. The molecule has 232 valence electrons. The first-order valence-corrected chi connectivity index (χ1v) is 17.5. The Morgan fingerprint density at radius 3 is 2.29 bits per heavy atom. The first-order chi connectivity index (χ1) is 19.3. The number of hydrogen-bond acceptors (Lipinski definition) is 7. The van der Waals surface area contributed by atoms with E-state index in [4.69, 9.17) is 18.9 Å². The second kappa shape index (κ2) is 11.9. The smallest absolute Gasteiger partial charge is 0.302 e. The van der Waals surface area contributed by atoms with E-state index in [1.54, 1.807) is 6.92 Å². The number of ether oxygens (including phenoxy) is 4. The highest BCUT2D eigenvalue weighted by Crippen LogP contribution is 2.70. The molecular weight excluding hydrogens is 635 g/mol. The van der Waals surface area contributed by atoms with Crippen LogP contribution in [0.2, 0.25) is 0 Å². The van der Waals surface area contributed by atoms with Gasteiger partial charge in [0.15, 0.2) is 0 Å². The summed E-state index contributed by atoms with van der Waals surface area (Å²) >= 11 is 2.40. The van der Waals surface area contributed by atoms with E-state index in [1.165, 1.54) is 20.3 Å². The molecule has 8 heteroatoms. The SMILES string of the molecule is CC(=O)O[C@H]1CC[C@@]2(C)[C@@H](CC[C@@H]3[C@@H]2C[C@@H](OC(C)=O)[C@]2(C)[C@H]4[C@H](C)[C@@H]([C@@H](C[C@@H](C)CI)OC(C)=O)O[C@H]4C[C@@H]32)C1. The molecular formula is C33H51IO7. The van der Waals surface area contributed by atoms with Crippen molar-refractivity contribution in [3.05, 3.63) is 0 Å². The van der Waals surface area contributed by atoms with Crippen LogP contribution >= 0.6 is 22.6 Å². The van der Waals surface area contributed by atoms with Crippen LogP contribution in [0.1, 0.15) is 99.8 Å². The van der Waals surface area contributed by atoms with Crippen molar-refractivity contribution in [1.82, 2.24) is 0 Å². The lowest BCUT2D eigenvalue weighted by atomic mass is 9.43. The maximum atomic E-state index is 12.6. The second-order valence-corrected chi connectivity index (χ2v) is 15.6. The van der Waals surface area contributed by atoms with Crippen molar-refractivity contribution in [1.29, 1.82) is 0 Å². The molecule has 0 N–H and O–H groups in total. The summed E-state index contributed by atoms with van der Waals surface area (Å²) in [6.45, 7) is 13.9. The highest BCUT2D eigenvalue weighted by molar-refractivity contribution is 14.1. The average Bonchev–Trinajstić information content (AvgIpc) is 3.37. The van der Waals surface area contributed by atoms with Crippen LogP contribution in [-0.4, -0.2) is 52.9 Å². The molecule has 5 rings (SSSR count). The van der Waals surface area contributed by atoms with Crippen LogP contribution in [-0.2, 0) is 33.3 Å². The van der Waals surface area contributed by atoms with E-state index in [0.717, 1.165) is 49.4 Å². The molecule has 0 unspecified atom stereocenters. The van der Waals surface area contributed by atoms with Crippen molar-refractivity contribution in [2.24, 2.45) is 52.3 Å². The summed E-state index contributed by atoms with van der Waals surface area (Å²) in [4.78, 5) is 36.4. The average molecular weight is 687 g/mol. The summed E-state index contributed by atoms with van der Waals surface area (Å²) < 4.78 is 25.8. The van der Waals surface area contributed by atoms with E-state index >= 15 is 0 Å². The Kier molecular flexibility index (Phi) is 9.14. The number of alkyl halides is 1. The van der Waals surface area contributed by atoms with Crippen molar-refractivity contribution in [2.45, 2.75) is 130 Å². The summed E-state index contributed by atoms with van der Waals surface area (Å²) in [6, 6.07) is 0.